The van der Waals surface area contributed by atoms with Gasteiger partial charge in [-0.05, 0) is 68.8 Å². The SMILES string of the molecule is CNCCC1(CCc2ccc(OC)c(Cl)c2)CCCC1. The predicted octanol–water partition coefficient (Wildman–Crippen LogP) is 4.45. The van der Waals surface area contributed by atoms with Crippen LogP contribution in [-0.2, 0) is 6.42 Å². The first-order chi connectivity index (χ1) is 9.69. The first kappa shape index (κ1) is 15.7. The molecule has 112 valence electrons. The molecule has 0 saturated heterocycles. The van der Waals surface area contributed by atoms with E-state index in [9.17, 15) is 0 Å². The Hall–Kier alpha value is -0.730. The zero-order valence-corrected chi connectivity index (χ0v) is 13.4. The van der Waals surface area contributed by atoms with Crippen molar-refractivity contribution in [2.45, 2.75) is 44.9 Å². The van der Waals surface area contributed by atoms with Gasteiger partial charge in [-0.3, -0.25) is 0 Å². The fraction of sp³-hybridized carbons (Fsp3) is 0.647. The molecular formula is C17H26ClNO. The predicted molar refractivity (Wildman–Crippen MR) is 85.8 cm³/mol. The first-order valence-electron chi connectivity index (χ1n) is 7.66. The molecule has 0 radical (unpaired) electrons. The van der Waals surface area contributed by atoms with Gasteiger partial charge in [0, 0.05) is 0 Å². The highest BCUT2D eigenvalue weighted by atomic mass is 35.5. The fourth-order valence-corrected chi connectivity index (χ4v) is 3.70. The summed E-state index contributed by atoms with van der Waals surface area (Å²) in [6.45, 7) is 1.13. The van der Waals surface area contributed by atoms with Crippen molar-refractivity contribution in [3.8, 4) is 5.75 Å². The van der Waals surface area contributed by atoms with Gasteiger partial charge in [-0.2, -0.15) is 0 Å². The zero-order chi connectivity index (χ0) is 14.4. The molecule has 0 aliphatic heterocycles. The van der Waals surface area contributed by atoms with Crippen molar-refractivity contribution in [3.63, 3.8) is 0 Å². The molecule has 1 saturated carbocycles. The zero-order valence-electron chi connectivity index (χ0n) is 12.7. The number of methoxy groups -OCH3 is 1. The third kappa shape index (κ3) is 3.89. The lowest BCUT2D eigenvalue weighted by Crippen LogP contribution is -2.23. The molecular weight excluding hydrogens is 270 g/mol. The molecule has 1 aliphatic carbocycles. The average molecular weight is 296 g/mol. The topological polar surface area (TPSA) is 21.3 Å². The standard InChI is InChI=1S/C17H26ClNO/c1-19-12-11-17(8-3-4-9-17)10-7-14-5-6-16(20-2)15(18)13-14/h5-6,13,19H,3-4,7-12H2,1-2H3. The summed E-state index contributed by atoms with van der Waals surface area (Å²) in [4.78, 5) is 0. The number of halogens is 1. The Morgan fingerprint density at radius 1 is 1.25 bits per heavy atom. The van der Waals surface area contributed by atoms with Gasteiger partial charge in [0.05, 0.1) is 12.1 Å². The van der Waals surface area contributed by atoms with Crippen LogP contribution in [0.1, 0.15) is 44.1 Å². The van der Waals surface area contributed by atoms with Crippen LogP contribution in [0, 0.1) is 5.41 Å². The number of hydrogen-bond donors (Lipinski definition) is 1. The Bertz CT molecular complexity index is 427. The van der Waals surface area contributed by atoms with Crippen LogP contribution < -0.4 is 10.1 Å². The molecule has 20 heavy (non-hydrogen) atoms. The van der Waals surface area contributed by atoms with Crippen molar-refractivity contribution in [3.05, 3.63) is 28.8 Å². The summed E-state index contributed by atoms with van der Waals surface area (Å²) in [5.74, 6) is 0.765. The fourth-order valence-electron chi connectivity index (χ4n) is 3.42. The molecule has 3 heteroatoms. The smallest absolute Gasteiger partial charge is 0.137 e. The van der Waals surface area contributed by atoms with Crippen molar-refractivity contribution in [2.75, 3.05) is 20.7 Å². The number of hydrogen-bond acceptors (Lipinski definition) is 2. The lowest BCUT2D eigenvalue weighted by atomic mass is 9.77. The number of ether oxygens (including phenoxy) is 1. The van der Waals surface area contributed by atoms with Crippen molar-refractivity contribution in [2.24, 2.45) is 5.41 Å². The van der Waals surface area contributed by atoms with Crippen LogP contribution in [0.5, 0.6) is 5.75 Å². The van der Waals surface area contributed by atoms with Crippen LogP contribution >= 0.6 is 11.6 Å². The van der Waals surface area contributed by atoms with Crippen LogP contribution in [0.3, 0.4) is 0 Å². The Labute approximate surface area is 127 Å². The summed E-state index contributed by atoms with van der Waals surface area (Å²) in [5.41, 5.74) is 1.88. The van der Waals surface area contributed by atoms with Crippen LogP contribution in [0.15, 0.2) is 18.2 Å². The van der Waals surface area contributed by atoms with E-state index in [-0.39, 0.29) is 0 Å². The van der Waals surface area contributed by atoms with Crippen molar-refractivity contribution in [1.29, 1.82) is 0 Å². The Balaban J connectivity index is 1.97. The molecule has 0 atom stereocenters. The normalized spacial score (nSPS) is 17.4. The highest BCUT2D eigenvalue weighted by Gasteiger charge is 2.32. The largest absolute Gasteiger partial charge is 0.495 e. The van der Waals surface area contributed by atoms with E-state index >= 15 is 0 Å². The summed E-state index contributed by atoms with van der Waals surface area (Å²) in [6.07, 6.45) is 9.26. The van der Waals surface area contributed by atoms with Gasteiger partial charge in [0.2, 0.25) is 0 Å². The van der Waals surface area contributed by atoms with Crippen LogP contribution in [-0.4, -0.2) is 20.7 Å². The van der Waals surface area contributed by atoms with Crippen molar-refractivity contribution >= 4 is 11.6 Å². The Morgan fingerprint density at radius 3 is 2.60 bits per heavy atom. The van der Waals surface area contributed by atoms with Gasteiger partial charge in [0.15, 0.2) is 0 Å². The van der Waals surface area contributed by atoms with E-state index in [1.54, 1.807) is 7.11 Å². The number of benzene rings is 1. The molecule has 1 aliphatic rings. The molecule has 0 amide bonds. The van der Waals surface area contributed by atoms with Crippen LogP contribution in [0.4, 0.5) is 0 Å². The van der Waals surface area contributed by atoms with Gasteiger partial charge in [-0.15, -0.1) is 0 Å². The Morgan fingerprint density at radius 2 is 2.00 bits per heavy atom. The van der Waals surface area contributed by atoms with E-state index in [4.69, 9.17) is 16.3 Å². The average Bonchev–Trinajstić information content (AvgIpc) is 2.92. The third-order valence-corrected chi connectivity index (χ3v) is 5.03. The molecule has 1 N–H and O–H groups in total. The maximum Gasteiger partial charge on any atom is 0.137 e. The molecule has 0 bridgehead atoms. The molecule has 1 fully saturated rings. The summed E-state index contributed by atoms with van der Waals surface area (Å²) < 4.78 is 5.21. The molecule has 1 aromatic carbocycles. The van der Waals surface area contributed by atoms with Gasteiger partial charge in [0.1, 0.15) is 5.75 Å². The monoisotopic (exact) mass is 295 g/mol. The Kier molecular flexibility index (Phi) is 5.74. The van der Waals surface area contributed by atoms with Gasteiger partial charge < -0.3 is 10.1 Å². The minimum atomic E-state index is 0.551. The molecule has 0 spiro atoms. The summed E-state index contributed by atoms with van der Waals surface area (Å²) in [6, 6.07) is 6.18. The highest BCUT2D eigenvalue weighted by Crippen LogP contribution is 2.44. The first-order valence-corrected chi connectivity index (χ1v) is 8.04. The van der Waals surface area contributed by atoms with Crippen LogP contribution in [0.2, 0.25) is 5.02 Å². The maximum absolute atomic E-state index is 6.21. The van der Waals surface area contributed by atoms with Gasteiger partial charge >= 0.3 is 0 Å². The molecule has 1 aromatic rings. The quantitative estimate of drug-likeness (QED) is 0.802. The molecule has 0 unspecified atom stereocenters. The molecule has 2 rings (SSSR count). The number of aryl methyl sites for hydroxylation is 1. The molecule has 2 nitrogen and oxygen atoms in total. The summed E-state index contributed by atoms with van der Waals surface area (Å²) >= 11 is 6.21. The summed E-state index contributed by atoms with van der Waals surface area (Å²) in [7, 11) is 3.71. The second-order valence-corrected chi connectivity index (χ2v) is 6.44. The van der Waals surface area contributed by atoms with E-state index in [0.717, 1.165) is 23.7 Å². The third-order valence-electron chi connectivity index (χ3n) is 4.73. The minimum Gasteiger partial charge on any atom is -0.495 e. The van der Waals surface area contributed by atoms with Gasteiger partial charge in [-0.25, -0.2) is 0 Å². The van der Waals surface area contributed by atoms with E-state index in [2.05, 4.69) is 17.4 Å². The number of nitrogens with one attached hydrogen (secondary N) is 1. The van der Waals surface area contributed by atoms with E-state index in [1.165, 1.54) is 44.1 Å². The van der Waals surface area contributed by atoms with Gasteiger partial charge in [0.25, 0.3) is 0 Å². The molecule has 0 heterocycles. The van der Waals surface area contributed by atoms with Crippen molar-refractivity contribution in [1.82, 2.24) is 5.32 Å². The number of rotatable bonds is 7. The van der Waals surface area contributed by atoms with Crippen LogP contribution in [0.25, 0.3) is 0 Å². The maximum atomic E-state index is 6.21. The highest BCUT2D eigenvalue weighted by molar-refractivity contribution is 6.32. The lowest BCUT2D eigenvalue weighted by Gasteiger charge is -2.29. The van der Waals surface area contributed by atoms with E-state index in [1.807, 2.05) is 13.1 Å². The van der Waals surface area contributed by atoms with Gasteiger partial charge in [-0.1, -0.05) is 30.5 Å². The van der Waals surface area contributed by atoms with E-state index in [0.29, 0.717) is 5.41 Å². The van der Waals surface area contributed by atoms with Crippen molar-refractivity contribution < 1.29 is 4.74 Å². The minimum absolute atomic E-state index is 0.551. The second kappa shape index (κ2) is 7.33. The molecule has 0 aromatic heterocycles. The second-order valence-electron chi connectivity index (χ2n) is 6.03. The summed E-state index contributed by atoms with van der Waals surface area (Å²) in [5, 5.41) is 4.03. The van der Waals surface area contributed by atoms with E-state index < -0.39 is 0 Å². The lowest BCUT2D eigenvalue weighted by molar-refractivity contribution is 0.247.